The first-order valence-corrected chi connectivity index (χ1v) is 3.11. The number of aliphatic imine (C=N–C) groups is 1. The maximum atomic E-state index is 11.2. The first-order chi connectivity index (χ1) is 4.41. The summed E-state index contributed by atoms with van der Waals surface area (Å²) in [7, 11) is 3.41. The van der Waals surface area contributed by atoms with E-state index in [9.17, 15) is 4.79 Å². The van der Waals surface area contributed by atoms with Gasteiger partial charge in [-0.1, -0.05) is 0 Å². The molecule has 3 nitrogen and oxygen atoms in total. The number of hydrogen-bond acceptors (Lipinski definition) is 2. The second-order valence-electron chi connectivity index (χ2n) is 2.92. The third kappa shape index (κ3) is 1.83. The van der Waals surface area contributed by atoms with Crippen molar-refractivity contribution in [3.8, 4) is 0 Å². The highest BCUT2D eigenvalue weighted by Gasteiger charge is 2.26. The van der Waals surface area contributed by atoms with E-state index in [1.54, 1.807) is 27.9 Å². The van der Waals surface area contributed by atoms with Gasteiger partial charge in [0.05, 0.1) is 0 Å². The first-order valence-electron chi connectivity index (χ1n) is 3.11. The molecule has 0 N–H and O–H groups in total. The zero-order valence-corrected chi connectivity index (χ0v) is 7.01. The Bertz CT molecular complexity index is 150. The van der Waals surface area contributed by atoms with E-state index in [-0.39, 0.29) is 5.91 Å². The summed E-state index contributed by atoms with van der Waals surface area (Å²) in [6.07, 6.45) is 0. The lowest BCUT2D eigenvalue weighted by Gasteiger charge is -2.22. The molecule has 1 amide bonds. The lowest BCUT2D eigenvalue weighted by molar-refractivity contribution is -0.133. The van der Waals surface area contributed by atoms with Crippen LogP contribution in [0.4, 0.5) is 0 Å². The van der Waals surface area contributed by atoms with Gasteiger partial charge in [-0.3, -0.25) is 9.79 Å². The molecule has 0 saturated carbocycles. The van der Waals surface area contributed by atoms with Crippen LogP contribution in [0.5, 0.6) is 0 Å². The number of carbonyl (C=O) groups excluding carboxylic acids is 1. The summed E-state index contributed by atoms with van der Waals surface area (Å²) in [5, 5.41) is 0. The molecule has 0 aromatic carbocycles. The molecule has 0 aromatic heterocycles. The Hall–Kier alpha value is -0.860. The van der Waals surface area contributed by atoms with Gasteiger partial charge in [0.2, 0.25) is 5.91 Å². The molecule has 0 heterocycles. The minimum Gasteiger partial charge on any atom is -0.347 e. The molecule has 0 radical (unpaired) electrons. The van der Waals surface area contributed by atoms with Crippen molar-refractivity contribution in [1.29, 1.82) is 0 Å². The number of rotatable bonds is 2. The van der Waals surface area contributed by atoms with Crippen LogP contribution in [0.2, 0.25) is 0 Å². The molecule has 0 fully saturated rings. The van der Waals surface area contributed by atoms with Crippen molar-refractivity contribution in [2.45, 2.75) is 19.4 Å². The highest BCUT2D eigenvalue weighted by Crippen LogP contribution is 2.09. The highest BCUT2D eigenvalue weighted by molar-refractivity contribution is 5.85. The van der Waals surface area contributed by atoms with Crippen molar-refractivity contribution < 1.29 is 4.79 Å². The van der Waals surface area contributed by atoms with Gasteiger partial charge in [0, 0.05) is 14.1 Å². The first kappa shape index (κ1) is 9.14. The van der Waals surface area contributed by atoms with Crippen LogP contribution in [-0.2, 0) is 4.79 Å². The Morgan fingerprint density at radius 2 is 1.90 bits per heavy atom. The predicted octanol–water partition coefficient (Wildman–Crippen LogP) is 0.554. The van der Waals surface area contributed by atoms with Crippen LogP contribution in [0.15, 0.2) is 4.99 Å². The third-order valence-corrected chi connectivity index (χ3v) is 1.32. The summed E-state index contributed by atoms with van der Waals surface area (Å²) in [5.74, 6) is -0.0255. The van der Waals surface area contributed by atoms with Gasteiger partial charge in [-0.15, -0.1) is 0 Å². The van der Waals surface area contributed by atoms with E-state index in [4.69, 9.17) is 0 Å². The number of likely N-dealkylation sites (N-methyl/N-ethyl adjacent to an activating group) is 1. The van der Waals surface area contributed by atoms with E-state index in [2.05, 4.69) is 11.7 Å². The molecule has 0 aliphatic heterocycles. The molecule has 0 atom stereocenters. The Kier molecular flexibility index (Phi) is 2.57. The SMILES string of the molecule is C=NC(C)(C)C(=O)N(C)C. The fourth-order valence-corrected chi connectivity index (χ4v) is 0.615. The van der Waals surface area contributed by atoms with Gasteiger partial charge in [-0.2, -0.15) is 0 Å². The topological polar surface area (TPSA) is 32.7 Å². The Labute approximate surface area is 61.7 Å². The fraction of sp³-hybridized carbons (Fsp3) is 0.714. The number of nitrogens with zero attached hydrogens (tertiary/aromatic N) is 2. The molecule has 0 aliphatic carbocycles. The van der Waals surface area contributed by atoms with Gasteiger partial charge in [-0.25, -0.2) is 0 Å². The maximum absolute atomic E-state index is 11.2. The van der Waals surface area contributed by atoms with Crippen molar-refractivity contribution in [3.63, 3.8) is 0 Å². The van der Waals surface area contributed by atoms with Crippen molar-refractivity contribution >= 4 is 12.6 Å². The predicted molar refractivity (Wildman–Crippen MR) is 42.3 cm³/mol. The fourth-order valence-electron chi connectivity index (χ4n) is 0.615. The Morgan fingerprint density at radius 3 is 2.00 bits per heavy atom. The summed E-state index contributed by atoms with van der Waals surface area (Å²) in [6.45, 7) is 6.82. The lowest BCUT2D eigenvalue weighted by atomic mass is 10.1. The summed E-state index contributed by atoms with van der Waals surface area (Å²) in [4.78, 5) is 16.4. The molecular weight excluding hydrogens is 128 g/mol. The van der Waals surface area contributed by atoms with Crippen molar-refractivity contribution in [1.82, 2.24) is 4.90 Å². The smallest absolute Gasteiger partial charge is 0.249 e. The molecule has 0 aliphatic rings. The van der Waals surface area contributed by atoms with E-state index < -0.39 is 5.54 Å². The Morgan fingerprint density at radius 1 is 1.50 bits per heavy atom. The van der Waals surface area contributed by atoms with Gasteiger partial charge in [-0.05, 0) is 20.6 Å². The molecule has 0 bridgehead atoms. The van der Waals surface area contributed by atoms with Crippen molar-refractivity contribution in [2.75, 3.05) is 14.1 Å². The van der Waals surface area contributed by atoms with Crippen molar-refractivity contribution in [3.05, 3.63) is 0 Å². The van der Waals surface area contributed by atoms with Gasteiger partial charge < -0.3 is 4.90 Å². The van der Waals surface area contributed by atoms with E-state index >= 15 is 0 Å². The molecule has 0 aromatic rings. The van der Waals surface area contributed by atoms with Crippen LogP contribution in [0.1, 0.15) is 13.8 Å². The van der Waals surface area contributed by atoms with E-state index in [1.807, 2.05) is 0 Å². The lowest BCUT2D eigenvalue weighted by Crippen LogP contribution is -2.39. The van der Waals surface area contributed by atoms with E-state index in [0.29, 0.717) is 0 Å². The van der Waals surface area contributed by atoms with Gasteiger partial charge in [0.1, 0.15) is 5.54 Å². The molecule has 0 rings (SSSR count). The molecule has 10 heavy (non-hydrogen) atoms. The van der Waals surface area contributed by atoms with Crippen LogP contribution in [-0.4, -0.2) is 37.2 Å². The summed E-state index contributed by atoms with van der Waals surface area (Å²) in [5.41, 5.74) is -0.677. The quantitative estimate of drug-likeness (QED) is 0.518. The number of hydrogen-bond donors (Lipinski definition) is 0. The normalized spacial score (nSPS) is 10.8. The molecule has 0 spiro atoms. The minimum absolute atomic E-state index is 0.0255. The van der Waals surface area contributed by atoms with Crippen molar-refractivity contribution in [2.24, 2.45) is 4.99 Å². The zero-order chi connectivity index (χ0) is 8.36. The minimum atomic E-state index is -0.677. The maximum Gasteiger partial charge on any atom is 0.249 e. The molecule has 3 heteroatoms. The molecule has 0 saturated heterocycles. The summed E-state index contributed by atoms with van der Waals surface area (Å²) < 4.78 is 0. The monoisotopic (exact) mass is 142 g/mol. The van der Waals surface area contributed by atoms with Crippen LogP contribution < -0.4 is 0 Å². The molecule has 0 unspecified atom stereocenters. The van der Waals surface area contributed by atoms with Crippen LogP contribution in [0.3, 0.4) is 0 Å². The number of carbonyl (C=O) groups is 1. The van der Waals surface area contributed by atoms with Crippen LogP contribution in [0.25, 0.3) is 0 Å². The van der Waals surface area contributed by atoms with E-state index in [0.717, 1.165) is 0 Å². The molecular formula is C7H14N2O. The Balaban J connectivity index is 4.33. The van der Waals surface area contributed by atoms with Crippen LogP contribution >= 0.6 is 0 Å². The largest absolute Gasteiger partial charge is 0.347 e. The average molecular weight is 142 g/mol. The summed E-state index contributed by atoms with van der Waals surface area (Å²) in [6, 6.07) is 0. The van der Waals surface area contributed by atoms with Gasteiger partial charge in [0.15, 0.2) is 0 Å². The van der Waals surface area contributed by atoms with Crippen LogP contribution in [0, 0.1) is 0 Å². The summed E-state index contributed by atoms with van der Waals surface area (Å²) >= 11 is 0. The molecule has 58 valence electrons. The zero-order valence-electron chi connectivity index (χ0n) is 7.01. The van der Waals surface area contributed by atoms with Gasteiger partial charge >= 0.3 is 0 Å². The number of amides is 1. The van der Waals surface area contributed by atoms with Gasteiger partial charge in [0.25, 0.3) is 0 Å². The third-order valence-electron chi connectivity index (χ3n) is 1.32. The standard InChI is InChI=1S/C7H14N2O/c1-7(2,8-3)6(10)9(4)5/h3H2,1-2,4-5H3. The second kappa shape index (κ2) is 2.82. The second-order valence-corrected chi connectivity index (χ2v) is 2.92. The highest BCUT2D eigenvalue weighted by atomic mass is 16.2. The van der Waals surface area contributed by atoms with E-state index in [1.165, 1.54) is 4.90 Å². The average Bonchev–Trinajstić information content (AvgIpc) is 1.86.